The van der Waals surface area contributed by atoms with Gasteiger partial charge in [-0.3, -0.25) is 4.79 Å². The highest BCUT2D eigenvalue weighted by atomic mass is 16.4. The van der Waals surface area contributed by atoms with Gasteiger partial charge in [0, 0.05) is 13.1 Å². The SMILES string of the molecule is CC1CC1CN(C)CC1(O)CCC(C(=O)O)CC1. The highest BCUT2D eigenvalue weighted by Gasteiger charge is 2.38. The molecule has 0 heterocycles. The maximum Gasteiger partial charge on any atom is 0.306 e. The van der Waals surface area contributed by atoms with E-state index in [9.17, 15) is 9.90 Å². The fourth-order valence-electron chi connectivity index (χ4n) is 3.18. The van der Waals surface area contributed by atoms with E-state index in [4.69, 9.17) is 5.11 Å². The van der Waals surface area contributed by atoms with Gasteiger partial charge in [0.25, 0.3) is 0 Å². The third kappa shape index (κ3) is 3.45. The third-order valence-electron chi connectivity index (χ3n) is 4.65. The van der Waals surface area contributed by atoms with Gasteiger partial charge in [-0.05, 0) is 51.0 Å². The van der Waals surface area contributed by atoms with Crippen molar-refractivity contribution in [3.63, 3.8) is 0 Å². The van der Waals surface area contributed by atoms with Crippen LogP contribution in [0.25, 0.3) is 0 Å². The lowest BCUT2D eigenvalue weighted by molar-refractivity contribution is -0.145. The van der Waals surface area contributed by atoms with Crippen LogP contribution in [0.15, 0.2) is 0 Å². The molecular formula is C14H25NO3. The maximum atomic E-state index is 10.9. The molecule has 18 heavy (non-hydrogen) atoms. The van der Waals surface area contributed by atoms with E-state index < -0.39 is 11.6 Å². The molecule has 4 heteroatoms. The lowest BCUT2D eigenvalue weighted by atomic mass is 9.78. The number of carboxylic acids is 1. The smallest absolute Gasteiger partial charge is 0.306 e. The lowest BCUT2D eigenvalue weighted by Crippen LogP contribution is -2.45. The van der Waals surface area contributed by atoms with Crippen molar-refractivity contribution in [2.45, 2.75) is 44.6 Å². The van der Waals surface area contributed by atoms with Crippen LogP contribution in [0.4, 0.5) is 0 Å². The van der Waals surface area contributed by atoms with E-state index in [0.29, 0.717) is 32.2 Å². The zero-order chi connectivity index (χ0) is 13.3. The molecule has 0 saturated heterocycles. The molecule has 2 saturated carbocycles. The molecule has 0 aromatic heterocycles. The zero-order valence-electron chi connectivity index (χ0n) is 11.4. The molecule has 0 bridgehead atoms. The summed E-state index contributed by atoms with van der Waals surface area (Å²) >= 11 is 0. The number of aliphatic hydroxyl groups is 1. The number of aliphatic carboxylic acids is 1. The molecule has 2 N–H and O–H groups in total. The van der Waals surface area contributed by atoms with Crippen LogP contribution in [0, 0.1) is 17.8 Å². The summed E-state index contributed by atoms with van der Waals surface area (Å²) in [5.74, 6) is 0.676. The van der Waals surface area contributed by atoms with E-state index in [0.717, 1.165) is 18.4 Å². The second-order valence-electron chi connectivity index (χ2n) is 6.51. The van der Waals surface area contributed by atoms with Crippen LogP contribution in [0.1, 0.15) is 39.0 Å². The summed E-state index contributed by atoms with van der Waals surface area (Å²) in [6.45, 7) is 4.01. The van der Waals surface area contributed by atoms with E-state index in [-0.39, 0.29) is 5.92 Å². The zero-order valence-corrected chi connectivity index (χ0v) is 11.4. The van der Waals surface area contributed by atoms with Crippen molar-refractivity contribution in [3.8, 4) is 0 Å². The van der Waals surface area contributed by atoms with Gasteiger partial charge in [-0.1, -0.05) is 6.92 Å². The quantitative estimate of drug-likeness (QED) is 0.783. The molecule has 0 spiro atoms. The molecule has 0 amide bonds. The molecule has 2 unspecified atom stereocenters. The minimum absolute atomic E-state index is 0.251. The van der Waals surface area contributed by atoms with E-state index in [2.05, 4.69) is 18.9 Å². The Kier molecular flexibility index (Phi) is 3.97. The summed E-state index contributed by atoms with van der Waals surface area (Å²) in [7, 11) is 2.06. The fraction of sp³-hybridized carbons (Fsp3) is 0.929. The van der Waals surface area contributed by atoms with E-state index >= 15 is 0 Å². The molecular weight excluding hydrogens is 230 g/mol. The van der Waals surface area contributed by atoms with Crippen molar-refractivity contribution >= 4 is 5.97 Å². The average Bonchev–Trinajstić information content (AvgIpc) is 2.93. The summed E-state index contributed by atoms with van der Waals surface area (Å²) in [5, 5.41) is 19.5. The first-order valence-electron chi connectivity index (χ1n) is 7.03. The Morgan fingerprint density at radius 2 is 1.94 bits per heavy atom. The van der Waals surface area contributed by atoms with Gasteiger partial charge in [0.2, 0.25) is 0 Å². The average molecular weight is 255 g/mol. The lowest BCUT2D eigenvalue weighted by Gasteiger charge is -2.37. The van der Waals surface area contributed by atoms with Crippen molar-refractivity contribution in [2.24, 2.45) is 17.8 Å². The Labute approximate surface area is 109 Å². The van der Waals surface area contributed by atoms with Crippen molar-refractivity contribution in [2.75, 3.05) is 20.1 Å². The first-order chi connectivity index (χ1) is 8.39. The Morgan fingerprint density at radius 1 is 1.39 bits per heavy atom. The van der Waals surface area contributed by atoms with Crippen LogP contribution in [0.5, 0.6) is 0 Å². The van der Waals surface area contributed by atoms with Crippen LogP contribution < -0.4 is 0 Å². The van der Waals surface area contributed by atoms with E-state index in [1.165, 1.54) is 6.42 Å². The number of carbonyl (C=O) groups is 1. The van der Waals surface area contributed by atoms with Gasteiger partial charge >= 0.3 is 5.97 Å². The third-order valence-corrected chi connectivity index (χ3v) is 4.65. The predicted molar refractivity (Wildman–Crippen MR) is 69.3 cm³/mol. The van der Waals surface area contributed by atoms with Crippen molar-refractivity contribution < 1.29 is 15.0 Å². The predicted octanol–water partition coefficient (Wildman–Crippen LogP) is 1.58. The summed E-state index contributed by atoms with van der Waals surface area (Å²) in [6.07, 6.45) is 3.77. The highest BCUT2D eigenvalue weighted by molar-refractivity contribution is 5.70. The minimum Gasteiger partial charge on any atom is -0.481 e. The maximum absolute atomic E-state index is 10.9. The fourth-order valence-corrected chi connectivity index (χ4v) is 3.18. The van der Waals surface area contributed by atoms with Crippen molar-refractivity contribution in [1.82, 2.24) is 4.90 Å². The van der Waals surface area contributed by atoms with Crippen LogP contribution in [-0.2, 0) is 4.79 Å². The standard InChI is InChI=1S/C14H25NO3/c1-10-7-12(10)8-15(2)9-14(18)5-3-11(4-6-14)13(16)17/h10-12,18H,3-9H2,1-2H3,(H,16,17). The Balaban J connectivity index is 1.76. The van der Waals surface area contributed by atoms with Gasteiger partial charge in [0.05, 0.1) is 11.5 Å². The van der Waals surface area contributed by atoms with Crippen molar-refractivity contribution in [1.29, 1.82) is 0 Å². The molecule has 0 aromatic rings. The van der Waals surface area contributed by atoms with Gasteiger partial charge in [0.15, 0.2) is 0 Å². The second-order valence-corrected chi connectivity index (χ2v) is 6.51. The van der Waals surface area contributed by atoms with E-state index in [1.54, 1.807) is 0 Å². The Hall–Kier alpha value is -0.610. The van der Waals surface area contributed by atoms with E-state index in [1.807, 2.05) is 0 Å². The Morgan fingerprint density at radius 3 is 2.39 bits per heavy atom. The number of hydrogen-bond acceptors (Lipinski definition) is 3. The highest BCUT2D eigenvalue weighted by Crippen LogP contribution is 2.39. The van der Waals surface area contributed by atoms with Gasteiger partial charge in [0.1, 0.15) is 0 Å². The van der Waals surface area contributed by atoms with Crippen LogP contribution in [-0.4, -0.2) is 46.8 Å². The monoisotopic (exact) mass is 255 g/mol. The summed E-state index contributed by atoms with van der Waals surface area (Å²) < 4.78 is 0. The van der Waals surface area contributed by atoms with Gasteiger partial charge in [-0.25, -0.2) is 0 Å². The van der Waals surface area contributed by atoms with Gasteiger partial charge in [-0.15, -0.1) is 0 Å². The summed E-state index contributed by atoms with van der Waals surface area (Å²) in [4.78, 5) is 13.1. The molecule has 0 aliphatic heterocycles. The molecule has 2 atom stereocenters. The van der Waals surface area contributed by atoms with Gasteiger partial charge in [-0.2, -0.15) is 0 Å². The molecule has 4 nitrogen and oxygen atoms in total. The van der Waals surface area contributed by atoms with Crippen LogP contribution in [0.2, 0.25) is 0 Å². The molecule has 0 radical (unpaired) electrons. The normalized spacial score (nSPS) is 39.9. The van der Waals surface area contributed by atoms with Gasteiger partial charge < -0.3 is 15.1 Å². The molecule has 2 aliphatic carbocycles. The number of hydrogen-bond donors (Lipinski definition) is 2. The summed E-state index contributed by atoms with van der Waals surface area (Å²) in [5.41, 5.74) is -0.668. The first-order valence-corrected chi connectivity index (χ1v) is 7.03. The van der Waals surface area contributed by atoms with Crippen LogP contribution >= 0.6 is 0 Å². The number of nitrogens with zero attached hydrogens (tertiary/aromatic N) is 1. The Bertz CT molecular complexity index is 310. The number of likely N-dealkylation sites (N-methyl/N-ethyl adjacent to an activating group) is 1. The molecule has 104 valence electrons. The molecule has 2 rings (SSSR count). The molecule has 0 aromatic carbocycles. The topological polar surface area (TPSA) is 60.8 Å². The minimum atomic E-state index is -0.711. The first kappa shape index (κ1) is 13.8. The van der Waals surface area contributed by atoms with Crippen LogP contribution in [0.3, 0.4) is 0 Å². The second kappa shape index (κ2) is 5.17. The molecule has 2 aliphatic rings. The molecule has 2 fully saturated rings. The number of carboxylic acid groups (broad SMARTS) is 1. The summed E-state index contributed by atoms with van der Waals surface area (Å²) in [6, 6.07) is 0. The number of rotatable bonds is 5. The van der Waals surface area contributed by atoms with Crippen molar-refractivity contribution in [3.05, 3.63) is 0 Å². The largest absolute Gasteiger partial charge is 0.481 e.